The maximum atomic E-state index is 12.0. The van der Waals surface area contributed by atoms with E-state index in [1.54, 1.807) is 12.1 Å². The number of carboxylic acids is 1. The van der Waals surface area contributed by atoms with Crippen LogP contribution in [0.25, 0.3) is 0 Å². The molecule has 1 atom stereocenters. The lowest BCUT2D eigenvalue weighted by Crippen LogP contribution is -2.40. The molecule has 2 N–H and O–H groups in total. The topological polar surface area (TPSA) is 66.4 Å². The summed E-state index contributed by atoms with van der Waals surface area (Å²) in [5.74, 6) is -1.43. The van der Waals surface area contributed by atoms with Crippen LogP contribution in [0.2, 0.25) is 0 Å². The summed E-state index contributed by atoms with van der Waals surface area (Å²) >= 11 is 0. The fourth-order valence-electron chi connectivity index (χ4n) is 1.62. The van der Waals surface area contributed by atoms with E-state index in [-0.39, 0.29) is 12.3 Å². The van der Waals surface area contributed by atoms with E-state index in [0.29, 0.717) is 5.56 Å². The average Bonchev–Trinajstić information content (AvgIpc) is 2.31. The van der Waals surface area contributed by atoms with Crippen molar-refractivity contribution in [1.82, 2.24) is 5.32 Å². The molecule has 18 heavy (non-hydrogen) atoms. The molecule has 4 heteroatoms. The lowest BCUT2D eigenvalue weighted by molar-refractivity contribution is -0.139. The van der Waals surface area contributed by atoms with Gasteiger partial charge < -0.3 is 10.4 Å². The summed E-state index contributed by atoms with van der Waals surface area (Å²) in [7, 11) is 0. The number of carbonyl (C=O) groups is 2. The highest BCUT2D eigenvalue weighted by molar-refractivity contribution is 5.98. The second-order valence-electron chi connectivity index (χ2n) is 4.14. The summed E-state index contributed by atoms with van der Waals surface area (Å²) in [5, 5.41) is 11.5. The van der Waals surface area contributed by atoms with Crippen LogP contribution in [-0.4, -0.2) is 23.0 Å². The standard InChI is InChI=1S/C14H17NO3/c1-4-6-12(14(17)18)15-13(16)11-8-5-7-9(2)10(11)3/h4-5,7-8,12H,1,6H2,2-3H3,(H,15,16)(H,17,18). The largest absolute Gasteiger partial charge is 0.480 e. The third-order valence-electron chi connectivity index (χ3n) is 2.86. The number of aliphatic carboxylic acids is 1. The lowest BCUT2D eigenvalue weighted by Gasteiger charge is -2.14. The zero-order chi connectivity index (χ0) is 13.7. The third kappa shape index (κ3) is 3.20. The van der Waals surface area contributed by atoms with Crippen molar-refractivity contribution >= 4 is 11.9 Å². The molecule has 1 aromatic rings. The van der Waals surface area contributed by atoms with Crippen LogP contribution in [0.4, 0.5) is 0 Å². The Labute approximate surface area is 106 Å². The zero-order valence-corrected chi connectivity index (χ0v) is 10.6. The quantitative estimate of drug-likeness (QED) is 0.783. The monoisotopic (exact) mass is 247 g/mol. The lowest BCUT2D eigenvalue weighted by atomic mass is 10.0. The molecule has 0 aliphatic heterocycles. The molecular weight excluding hydrogens is 230 g/mol. The van der Waals surface area contributed by atoms with Gasteiger partial charge in [-0.15, -0.1) is 6.58 Å². The average molecular weight is 247 g/mol. The first-order valence-electron chi connectivity index (χ1n) is 5.68. The number of carbonyl (C=O) groups excluding carboxylic acids is 1. The minimum absolute atomic E-state index is 0.200. The molecule has 0 radical (unpaired) electrons. The Morgan fingerprint density at radius 2 is 2.11 bits per heavy atom. The number of rotatable bonds is 5. The summed E-state index contributed by atoms with van der Waals surface area (Å²) in [6.45, 7) is 7.23. The van der Waals surface area contributed by atoms with Crippen molar-refractivity contribution < 1.29 is 14.7 Å². The number of amides is 1. The van der Waals surface area contributed by atoms with E-state index in [1.807, 2.05) is 19.9 Å². The Morgan fingerprint density at radius 1 is 1.44 bits per heavy atom. The fourth-order valence-corrected chi connectivity index (χ4v) is 1.62. The van der Waals surface area contributed by atoms with Gasteiger partial charge in [0.05, 0.1) is 0 Å². The highest BCUT2D eigenvalue weighted by Crippen LogP contribution is 2.12. The SMILES string of the molecule is C=CCC(NC(=O)c1cccc(C)c1C)C(=O)O. The molecule has 96 valence electrons. The maximum absolute atomic E-state index is 12.0. The third-order valence-corrected chi connectivity index (χ3v) is 2.86. The van der Waals surface area contributed by atoms with Gasteiger partial charge in [-0.3, -0.25) is 4.79 Å². The van der Waals surface area contributed by atoms with E-state index >= 15 is 0 Å². The van der Waals surface area contributed by atoms with Crippen molar-refractivity contribution in [3.63, 3.8) is 0 Å². The predicted octanol–water partition coefficient (Wildman–Crippen LogP) is 2.06. The molecule has 4 nitrogen and oxygen atoms in total. The number of aryl methyl sites for hydroxylation is 1. The van der Waals surface area contributed by atoms with Gasteiger partial charge in [0, 0.05) is 5.56 Å². The summed E-state index contributed by atoms with van der Waals surface area (Å²) < 4.78 is 0. The highest BCUT2D eigenvalue weighted by Gasteiger charge is 2.20. The van der Waals surface area contributed by atoms with Crippen molar-refractivity contribution in [2.75, 3.05) is 0 Å². The van der Waals surface area contributed by atoms with Gasteiger partial charge >= 0.3 is 5.97 Å². The molecule has 0 bridgehead atoms. The van der Waals surface area contributed by atoms with Gasteiger partial charge in [-0.05, 0) is 37.5 Å². The molecule has 0 aromatic heterocycles. The van der Waals surface area contributed by atoms with Gasteiger partial charge in [-0.2, -0.15) is 0 Å². The Balaban J connectivity index is 2.90. The van der Waals surface area contributed by atoms with Crippen molar-refractivity contribution in [3.05, 3.63) is 47.5 Å². The summed E-state index contributed by atoms with van der Waals surface area (Å²) in [6, 6.07) is 4.44. The first kappa shape index (κ1) is 14.0. The number of hydrogen-bond donors (Lipinski definition) is 2. The number of hydrogen-bond acceptors (Lipinski definition) is 2. The smallest absolute Gasteiger partial charge is 0.326 e. The van der Waals surface area contributed by atoms with Crippen LogP contribution in [0.5, 0.6) is 0 Å². The van der Waals surface area contributed by atoms with E-state index in [2.05, 4.69) is 11.9 Å². The van der Waals surface area contributed by atoms with Crippen molar-refractivity contribution in [2.45, 2.75) is 26.3 Å². The number of nitrogens with one attached hydrogen (secondary N) is 1. The van der Waals surface area contributed by atoms with Crippen LogP contribution in [0.1, 0.15) is 27.9 Å². The van der Waals surface area contributed by atoms with Crippen LogP contribution in [-0.2, 0) is 4.79 Å². The Kier molecular flexibility index (Phi) is 4.66. The highest BCUT2D eigenvalue weighted by atomic mass is 16.4. The normalized spacial score (nSPS) is 11.7. The van der Waals surface area contributed by atoms with Crippen LogP contribution >= 0.6 is 0 Å². The predicted molar refractivity (Wildman–Crippen MR) is 69.6 cm³/mol. The van der Waals surface area contributed by atoms with Gasteiger partial charge in [0.25, 0.3) is 5.91 Å². The van der Waals surface area contributed by atoms with Gasteiger partial charge in [-0.1, -0.05) is 18.2 Å². The van der Waals surface area contributed by atoms with Crippen LogP contribution in [0.15, 0.2) is 30.9 Å². The molecule has 1 rings (SSSR count). The van der Waals surface area contributed by atoms with Gasteiger partial charge in [0.2, 0.25) is 0 Å². The van der Waals surface area contributed by atoms with Gasteiger partial charge in [0.1, 0.15) is 6.04 Å². The van der Waals surface area contributed by atoms with E-state index < -0.39 is 12.0 Å². The first-order valence-corrected chi connectivity index (χ1v) is 5.68. The zero-order valence-electron chi connectivity index (χ0n) is 10.6. The molecule has 1 unspecified atom stereocenters. The molecule has 0 fully saturated rings. The van der Waals surface area contributed by atoms with Crippen molar-refractivity contribution in [1.29, 1.82) is 0 Å². The first-order chi connectivity index (χ1) is 8.47. The van der Waals surface area contributed by atoms with E-state index in [9.17, 15) is 9.59 Å². The summed E-state index contributed by atoms with van der Waals surface area (Å²) in [5.41, 5.74) is 2.36. The molecular formula is C14H17NO3. The Hall–Kier alpha value is -2.10. The minimum Gasteiger partial charge on any atom is -0.480 e. The molecule has 0 saturated heterocycles. The van der Waals surface area contributed by atoms with Gasteiger partial charge in [-0.25, -0.2) is 4.79 Å². The van der Waals surface area contributed by atoms with Gasteiger partial charge in [0.15, 0.2) is 0 Å². The van der Waals surface area contributed by atoms with Crippen molar-refractivity contribution in [3.8, 4) is 0 Å². The molecule has 0 aliphatic carbocycles. The fraction of sp³-hybridized carbons (Fsp3) is 0.286. The molecule has 0 heterocycles. The van der Waals surface area contributed by atoms with Crippen LogP contribution < -0.4 is 5.32 Å². The van der Waals surface area contributed by atoms with E-state index in [0.717, 1.165) is 11.1 Å². The molecule has 1 aromatic carbocycles. The second-order valence-corrected chi connectivity index (χ2v) is 4.14. The summed E-state index contributed by atoms with van der Waals surface area (Å²) in [4.78, 5) is 22.9. The number of carboxylic acid groups (broad SMARTS) is 1. The van der Waals surface area contributed by atoms with E-state index in [4.69, 9.17) is 5.11 Å². The second kappa shape index (κ2) is 6.00. The Morgan fingerprint density at radius 3 is 2.67 bits per heavy atom. The van der Waals surface area contributed by atoms with Crippen molar-refractivity contribution in [2.24, 2.45) is 0 Å². The molecule has 0 spiro atoms. The maximum Gasteiger partial charge on any atom is 0.326 e. The molecule has 1 amide bonds. The summed E-state index contributed by atoms with van der Waals surface area (Å²) in [6.07, 6.45) is 1.67. The van der Waals surface area contributed by atoms with Crippen LogP contribution in [0, 0.1) is 13.8 Å². The molecule has 0 saturated carbocycles. The van der Waals surface area contributed by atoms with Crippen LogP contribution in [0.3, 0.4) is 0 Å². The number of benzene rings is 1. The molecule has 0 aliphatic rings. The Bertz CT molecular complexity index is 480. The van der Waals surface area contributed by atoms with E-state index in [1.165, 1.54) is 6.08 Å². The minimum atomic E-state index is -1.06.